The summed E-state index contributed by atoms with van der Waals surface area (Å²) < 4.78 is 2.65. The lowest BCUT2D eigenvalue weighted by Gasteiger charge is -2.14. The second kappa shape index (κ2) is 14.1. The van der Waals surface area contributed by atoms with Crippen LogP contribution < -0.4 is 5.32 Å². The fourth-order valence-corrected chi connectivity index (χ4v) is 4.65. The maximum Gasteiger partial charge on any atom is 0.280 e. The summed E-state index contributed by atoms with van der Waals surface area (Å²) in [4.78, 5) is 32.1. The highest BCUT2D eigenvalue weighted by atomic mass is 35.5. The third kappa shape index (κ3) is 8.55. The van der Waals surface area contributed by atoms with Crippen molar-refractivity contribution in [1.29, 1.82) is 0 Å². The van der Waals surface area contributed by atoms with E-state index in [2.05, 4.69) is 48.7 Å². The van der Waals surface area contributed by atoms with Gasteiger partial charge in [-0.2, -0.15) is 0 Å². The Morgan fingerprint density at radius 3 is 2.41 bits per heavy atom. The van der Waals surface area contributed by atoms with E-state index in [1.54, 1.807) is 31.7 Å². The van der Waals surface area contributed by atoms with E-state index in [4.69, 9.17) is 16.7 Å². The molecule has 37 heavy (non-hydrogen) atoms. The summed E-state index contributed by atoms with van der Waals surface area (Å²) in [6, 6.07) is 3.80. The number of aliphatic hydroxyl groups is 1. The molecular weight excluding hydrogens is 510 g/mol. The standard InChI is InChI=1S/C15H17N5.C6H12O.C5H5ClN2OS/c1-10(2)7-14-19-12-9-18-11(8-13(12)20(14)3)15-16-5-4-6-17-15;7-6-4-2-1-3-5-6;1-7-4(9)5-8-2-3(6)10-5/h4-6,8-10H,7H2,1-3H3;6-7H,1-5H2;2H,1H3,(H,7,9). The van der Waals surface area contributed by atoms with Gasteiger partial charge in [0.2, 0.25) is 0 Å². The molecule has 0 aliphatic heterocycles. The highest BCUT2D eigenvalue weighted by Gasteiger charge is 2.12. The third-order valence-electron chi connectivity index (χ3n) is 5.72. The van der Waals surface area contributed by atoms with E-state index in [-0.39, 0.29) is 12.0 Å². The molecule has 0 saturated heterocycles. The van der Waals surface area contributed by atoms with E-state index in [0.29, 0.717) is 21.1 Å². The molecule has 0 aromatic carbocycles. The van der Waals surface area contributed by atoms with Crippen molar-refractivity contribution in [3.8, 4) is 11.5 Å². The maximum absolute atomic E-state index is 10.8. The van der Waals surface area contributed by atoms with Gasteiger partial charge in [-0.1, -0.05) is 56.0 Å². The predicted molar refractivity (Wildman–Crippen MR) is 148 cm³/mol. The normalized spacial score (nSPS) is 13.5. The second-order valence-corrected chi connectivity index (χ2v) is 10.8. The van der Waals surface area contributed by atoms with E-state index >= 15 is 0 Å². The molecule has 1 saturated carbocycles. The molecule has 9 nitrogen and oxygen atoms in total. The summed E-state index contributed by atoms with van der Waals surface area (Å²) in [6.45, 7) is 4.39. The summed E-state index contributed by atoms with van der Waals surface area (Å²) in [6.07, 6.45) is 13.6. The third-order valence-corrected chi connectivity index (χ3v) is 6.83. The predicted octanol–water partition coefficient (Wildman–Crippen LogP) is 5.09. The SMILES string of the molecule is CC(C)Cc1nc2cnc(-c3ncccn3)cc2n1C.CNC(=O)c1ncc(Cl)s1.OC1CCCCC1. The smallest absolute Gasteiger partial charge is 0.280 e. The number of imidazole rings is 1. The summed E-state index contributed by atoms with van der Waals surface area (Å²) in [5.74, 6) is 2.11. The number of nitrogens with one attached hydrogen (secondary N) is 1. The first kappa shape index (κ1) is 28.6. The van der Waals surface area contributed by atoms with Gasteiger partial charge in [0.05, 0.1) is 24.0 Å². The van der Waals surface area contributed by atoms with Gasteiger partial charge in [-0.3, -0.25) is 9.78 Å². The lowest BCUT2D eigenvalue weighted by atomic mass is 9.98. The Labute approximate surface area is 226 Å². The Balaban J connectivity index is 0.000000185. The van der Waals surface area contributed by atoms with Gasteiger partial charge >= 0.3 is 0 Å². The lowest BCUT2D eigenvalue weighted by molar-refractivity contribution is 0.0962. The van der Waals surface area contributed by atoms with Gasteiger partial charge in [-0.15, -0.1) is 0 Å². The minimum absolute atomic E-state index is 0.0359. The van der Waals surface area contributed by atoms with Gasteiger partial charge in [-0.25, -0.2) is 19.9 Å². The number of rotatable bonds is 4. The molecule has 1 aliphatic carbocycles. The van der Waals surface area contributed by atoms with Gasteiger partial charge in [0.25, 0.3) is 5.91 Å². The van der Waals surface area contributed by atoms with Crippen molar-refractivity contribution in [3.05, 3.63) is 52.1 Å². The van der Waals surface area contributed by atoms with E-state index in [1.807, 2.05) is 13.1 Å². The molecule has 4 aromatic heterocycles. The number of aromatic nitrogens is 6. The van der Waals surface area contributed by atoms with Crippen LogP contribution >= 0.6 is 22.9 Å². The van der Waals surface area contributed by atoms with Crippen LogP contribution in [0.25, 0.3) is 22.6 Å². The Morgan fingerprint density at radius 2 is 1.86 bits per heavy atom. The lowest BCUT2D eigenvalue weighted by Crippen LogP contribution is -2.17. The maximum atomic E-state index is 10.8. The molecule has 11 heteroatoms. The van der Waals surface area contributed by atoms with Crippen molar-refractivity contribution in [1.82, 2.24) is 34.8 Å². The Bertz CT molecular complexity index is 1270. The Kier molecular flexibility index (Phi) is 10.9. The largest absolute Gasteiger partial charge is 0.393 e. The number of nitrogens with zero attached hydrogens (tertiary/aromatic N) is 6. The minimum Gasteiger partial charge on any atom is -0.393 e. The molecule has 4 aromatic rings. The number of pyridine rings is 1. The monoisotopic (exact) mass is 543 g/mol. The van der Waals surface area contributed by atoms with Crippen LogP contribution in [0.5, 0.6) is 0 Å². The molecule has 4 heterocycles. The highest BCUT2D eigenvalue weighted by Crippen LogP contribution is 2.21. The summed E-state index contributed by atoms with van der Waals surface area (Å²) in [5, 5.41) is 11.7. The molecule has 198 valence electrons. The van der Waals surface area contributed by atoms with Gasteiger partial charge in [-0.05, 0) is 30.9 Å². The van der Waals surface area contributed by atoms with E-state index < -0.39 is 0 Å². The summed E-state index contributed by atoms with van der Waals surface area (Å²) in [7, 11) is 3.60. The number of hydrogen-bond donors (Lipinski definition) is 2. The number of amides is 1. The van der Waals surface area contributed by atoms with E-state index in [9.17, 15) is 4.79 Å². The van der Waals surface area contributed by atoms with Crippen molar-refractivity contribution in [2.24, 2.45) is 13.0 Å². The molecule has 0 bridgehead atoms. The minimum atomic E-state index is -0.197. The molecule has 0 atom stereocenters. The second-order valence-electron chi connectivity index (χ2n) is 9.16. The molecule has 2 N–H and O–H groups in total. The number of hydrogen-bond acceptors (Lipinski definition) is 8. The van der Waals surface area contributed by atoms with Crippen molar-refractivity contribution in [3.63, 3.8) is 0 Å². The Morgan fingerprint density at radius 1 is 1.16 bits per heavy atom. The zero-order valence-corrected chi connectivity index (χ0v) is 23.3. The number of thiazole rings is 1. The molecule has 5 rings (SSSR count). The molecule has 1 aliphatic rings. The zero-order chi connectivity index (χ0) is 26.8. The first-order valence-electron chi connectivity index (χ1n) is 12.4. The average molecular weight is 544 g/mol. The van der Waals surface area contributed by atoms with Gasteiger partial charge in [0.15, 0.2) is 10.8 Å². The highest BCUT2D eigenvalue weighted by molar-refractivity contribution is 7.17. The summed E-state index contributed by atoms with van der Waals surface area (Å²) >= 11 is 6.70. The van der Waals surface area contributed by atoms with Crippen molar-refractivity contribution in [2.45, 2.75) is 58.5 Å². The van der Waals surface area contributed by atoms with Crippen LogP contribution in [0.1, 0.15) is 61.6 Å². The van der Waals surface area contributed by atoms with Crippen molar-refractivity contribution < 1.29 is 9.90 Å². The quantitative estimate of drug-likeness (QED) is 0.368. The average Bonchev–Trinajstić information content (AvgIpc) is 3.47. The van der Waals surface area contributed by atoms with Crippen molar-refractivity contribution in [2.75, 3.05) is 7.05 Å². The van der Waals surface area contributed by atoms with Gasteiger partial charge < -0.3 is 15.0 Å². The number of aryl methyl sites for hydroxylation is 1. The molecular formula is C26H34ClN7O2S. The number of fused-ring (bicyclic) bond motifs is 1. The van der Waals surface area contributed by atoms with Gasteiger partial charge in [0.1, 0.15) is 21.4 Å². The zero-order valence-electron chi connectivity index (χ0n) is 21.7. The fourth-order valence-electron chi connectivity index (χ4n) is 3.79. The van der Waals surface area contributed by atoms with Crippen molar-refractivity contribution >= 4 is 39.9 Å². The van der Waals surface area contributed by atoms with Crippen LogP contribution in [0.3, 0.4) is 0 Å². The van der Waals surface area contributed by atoms with Crippen LogP contribution in [0.4, 0.5) is 0 Å². The fraction of sp³-hybridized carbons (Fsp3) is 0.462. The van der Waals surface area contributed by atoms with Crippen LogP contribution in [0.15, 0.2) is 36.9 Å². The molecule has 1 amide bonds. The topological polar surface area (TPSA) is 119 Å². The molecule has 0 radical (unpaired) electrons. The number of carbonyl (C=O) groups is 1. The number of aliphatic hydroxyl groups excluding tert-OH is 1. The van der Waals surface area contributed by atoms with Crippen LogP contribution in [-0.2, 0) is 13.5 Å². The van der Waals surface area contributed by atoms with E-state index in [0.717, 1.165) is 53.2 Å². The number of halogens is 1. The molecule has 0 spiro atoms. The molecule has 1 fully saturated rings. The van der Waals surface area contributed by atoms with E-state index in [1.165, 1.54) is 25.5 Å². The Hall–Kier alpha value is -2.95. The first-order chi connectivity index (χ1) is 17.8. The summed E-state index contributed by atoms with van der Waals surface area (Å²) in [5.41, 5.74) is 2.76. The van der Waals surface area contributed by atoms with Gasteiger partial charge in [0, 0.05) is 32.9 Å². The number of carbonyl (C=O) groups excluding carboxylic acids is 1. The van der Waals surface area contributed by atoms with Crippen LogP contribution in [0.2, 0.25) is 4.34 Å². The van der Waals surface area contributed by atoms with Crippen LogP contribution in [0, 0.1) is 5.92 Å². The van der Waals surface area contributed by atoms with Crippen LogP contribution in [-0.4, -0.2) is 53.7 Å². The molecule has 0 unspecified atom stereocenters. The first-order valence-corrected chi connectivity index (χ1v) is 13.6.